The Morgan fingerprint density at radius 3 is 2.71 bits per heavy atom. The van der Waals surface area contributed by atoms with Gasteiger partial charge in [0.25, 0.3) is 5.56 Å². The average Bonchev–Trinajstić information content (AvgIpc) is 3.38. The molecule has 1 atom stereocenters. The van der Waals surface area contributed by atoms with Gasteiger partial charge in [-0.15, -0.1) is 10.2 Å². The zero-order valence-corrected chi connectivity index (χ0v) is 17.1. The highest BCUT2D eigenvalue weighted by Gasteiger charge is 2.26. The smallest absolute Gasteiger partial charge is 0.262 e. The van der Waals surface area contributed by atoms with Crippen molar-refractivity contribution in [2.75, 3.05) is 13.1 Å². The summed E-state index contributed by atoms with van der Waals surface area (Å²) in [7, 11) is 0. The third-order valence-electron chi connectivity index (χ3n) is 5.26. The van der Waals surface area contributed by atoms with Crippen LogP contribution in [0.5, 0.6) is 0 Å². The Bertz CT molecular complexity index is 1070. The van der Waals surface area contributed by atoms with Crippen molar-refractivity contribution < 1.29 is 4.79 Å². The molecule has 0 bridgehead atoms. The first-order valence-electron chi connectivity index (χ1n) is 9.94. The molecule has 1 saturated heterocycles. The number of rotatable bonds is 6. The zero-order chi connectivity index (χ0) is 19.7. The Labute approximate surface area is 167 Å². The molecule has 0 unspecified atom stereocenters. The standard InChI is InChI=1S/C20H25N5O2S/c1-3-4-13-24-18(27)15-9-5-6-10-16(15)25-19(24)21-22-20(25)28-14(2)17(26)23-11-7-8-12-23/h5-6,9-10,14H,3-4,7-8,11-13H2,1-2H3/t14-/m0/s1. The number of nitrogens with zero attached hydrogens (tertiary/aromatic N) is 5. The molecule has 0 radical (unpaired) electrons. The summed E-state index contributed by atoms with van der Waals surface area (Å²) in [6.45, 7) is 6.30. The number of likely N-dealkylation sites (tertiary alicyclic amines) is 1. The van der Waals surface area contributed by atoms with Gasteiger partial charge in [-0.2, -0.15) is 0 Å². The average molecular weight is 400 g/mol. The molecule has 2 aromatic heterocycles. The molecule has 1 amide bonds. The molecule has 1 fully saturated rings. The lowest BCUT2D eigenvalue weighted by Crippen LogP contribution is -2.34. The first-order valence-corrected chi connectivity index (χ1v) is 10.8. The van der Waals surface area contributed by atoms with Crippen LogP contribution in [-0.2, 0) is 11.3 Å². The van der Waals surface area contributed by atoms with Crippen LogP contribution >= 0.6 is 11.8 Å². The van der Waals surface area contributed by atoms with Gasteiger partial charge < -0.3 is 4.90 Å². The van der Waals surface area contributed by atoms with E-state index < -0.39 is 0 Å². The summed E-state index contributed by atoms with van der Waals surface area (Å²) in [5, 5.41) is 9.72. The van der Waals surface area contributed by atoms with Crippen LogP contribution in [0.15, 0.2) is 34.2 Å². The van der Waals surface area contributed by atoms with Gasteiger partial charge in [0.1, 0.15) is 0 Å². The van der Waals surface area contributed by atoms with Gasteiger partial charge in [-0.3, -0.25) is 18.6 Å². The second kappa shape index (κ2) is 7.95. The molecule has 3 heterocycles. The number of thioether (sulfide) groups is 1. The van der Waals surface area contributed by atoms with E-state index in [2.05, 4.69) is 17.1 Å². The number of aryl methyl sites for hydroxylation is 1. The second-order valence-electron chi connectivity index (χ2n) is 7.24. The Hall–Kier alpha value is -2.35. The number of unbranched alkanes of at least 4 members (excludes halogenated alkanes) is 1. The highest BCUT2D eigenvalue weighted by atomic mass is 32.2. The summed E-state index contributed by atoms with van der Waals surface area (Å²) in [6.07, 6.45) is 4.03. The number of carbonyl (C=O) groups excluding carboxylic acids is 1. The molecule has 28 heavy (non-hydrogen) atoms. The number of benzene rings is 1. The number of aromatic nitrogens is 4. The summed E-state index contributed by atoms with van der Waals surface area (Å²) < 4.78 is 3.63. The van der Waals surface area contributed by atoms with E-state index >= 15 is 0 Å². The van der Waals surface area contributed by atoms with Gasteiger partial charge >= 0.3 is 0 Å². The van der Waals surface area contributed by atoms with Gasteiger partial charge in [0.05, 0.1) is 16.2 Å². The lowest BCUT2D eigenvalue weighted by molar-refractivity contribution is -0.129. The van der Waals surface area contributed by atoms with Crippen molar-refractivity contribution in [3.63, 3.8) is 0 Å². The molecule has 8 heteroatoms. The normalized spacial score (nSPS) is 15.6. The van der Waals surface area contributed by atoms with Crippen molar-refractivity contribution >= 4 is 34.3 Å². The maximum atomic E-state index is 13.0. The third-order valence-corrected chi connectivity index (χ3v) is 6.29. The number of hydrogen-bond donors (Lipinski definition) is 0. The van der Waals surface area contributed by atoms with E-state index in [1.807, 2.05) is 40.5 Å². The Morgan fingerprint density at radius 2 is 1.96 bits per heavy atom. The lowest BCUT2D eigenvalue weighted by Gasteiger charge is -2.19. The molecular weight excluding hydrogens is 374 g/mol. The highest BCUT2D eigenvalue weighted by Crippen LogP contribution is 2.27. The molecule has 7 nitrogen and oxygen atoms in total. The quantitative estimate of drug-likeness (QED) is 0.596. The molecule has 1 aromatic carbocycles. The largest absolute Gasteiger partial charge is 0.342 e. The van der Waals surface area contributed by atoms with Crippen LogP contribution in [0.25, 0.3) is 16.7 Å². The number of fused-ring (bicyclic) bond motifs is 3. The maximum absolute atomic E-state index is 13.0. The van der Waals surface area contributed by atoms with E-state index in [-0.39, 0.29) is 16.7 Å². The Morgan fingerprint density at radius 1 is 1.21 bits per heavy atom. The summed E-state index contributed by atoms with van der Waals surface area (Å²) in [5.74, 6) is 0.684. The van der Waals surface area contributed by atoms with Crippen LogP contribution in [0.4, 0.5) is 0 Å². The highest BCUT2D eigenvalue weighted by molar-refractivity contribution is 8.00. The molecule has 4 rings (SSSR count). The third kappa shape index (κ3) is 3.30. The van der Waals surface area contributed by atoms with E-state index in [0.717, 1.165) is 44.3 Å². The van der Waals surface area contributed by atoms with Gasteiger partial charge in [0.15, 0.2) is 5.16 Å². The fourth-order valence-corrected chi connectivity index (χ4v) is 4.67. The summed E-state index contributed by atoms with van der Waals surface area (Å²) in [5.41, 5.74) is 0.741. The van der Waals surface area contributed by atoms with Gasteiger partial charge in [-0.05, 0) is 38.3 Å². The van der Waals surface area contributed by atoms with E-state index in [1.165, 1.54) is 11.8 Å². The topological polar surface area (TPSA) is 72.5 Å². The fraction of sp³-hybridized carbons (Fsp3) is 0.500. The van der Waals surface area contributed by atoms with Gasteiger partial charge in [-0.1, -0.05) is 37.2 Å². The van der Waals surface area contributed by atoms with Crippen LogP contribution in [-0.4, -0.2) is 48.3 Å². The molecule has 148 valence electrons. The number of carbonyl (C=O) groups is 1. The maximum Gasteiger partial charge on any atom is 0.262 e. The first-order chi connectivity index (χ1) is 13.6. The molecule has 0 N–H and O–H groups in total. The molecule has 1 aliphatic rings. The minimum absolute atomic E-state index is 0.0401. The van der Waals surface area contributed by atoms with Crippen LogP contribution in [0, 0.1) is 0 Å². The fourth-order valence-electron chi connectivity index (χ4n) is 3.73. The first kappa shape index (κ1) is 19.0. The minimum atomic E-state index is -0.250. The van der Waals surface area contributed by atoms with Crippen molar-refractivity contribution in [2.24, 2.45) is 0 Å². The molecule has 0 spiro atoms. The number of amides is 1. The molecular formula is C20H25N5O2S. The van der Waals surface area contributed by atoms with Crippen LogP contribution in [0.1, 0.15) is 39.5 Å². The Balaban J connectivity index is 1.78. The van der Waals surface area contributed by atoms with Crippen LogP contribution < -0.4 is 5.56 Å². The van der Waals surface area contributed by atoms with E-state index in [1.54, 1.807) is 4.57 Å². The van der Waals surface area contributed by atoms with Crippen molar-refractivity contribution in [1.82, 2.24) is 24.1 Å². The van der Waals surface area contributed by atoms with Gasteiger partial charge in [-0.25, -0.2) is 0 Å². The predicted molar refractivity (Wildman–Crippen MR) is 111 cm³/mol. The molecule has 1 aliphatic heterocycles. The summed E-state index contributed by atoms with van der Waals surface area (Å²) in [4.78, 5) is 27.6. The second-order valence-corrected chi connectivity index (χ2v) is 8.55. The Kier molecular flexibility index (Phi) is 5.39. The monoisotopic (exact) mass is 399 g/mol. The van der Waals surface area contributed by atoms with E-state index in [9.17, 15) is 9.59 Å². The van der Waals surface area contributed by atoms with Crippen molar-refractivity contribution in [1.29, 1.82) is 0 Å². The molecule has 3 aromatic rings. The van der Waals surface area contributed by atoms with E-state index in [0.29, 0.717) is 22.9 Å². The predicted octanol–water partition coefficient (Wildman–Crippen LogP) is 2.95. The number of para-hydroxylation sites is 1. The number of hydrogen-bond acceptors (Lipinski definition) is 5. The van der Waals surface area contributed by atoms with Crippen LogP contribution in [0.2, 0.25) is 0 Å². The van der Waals surface area contributed by atoms with Gasteiger partial charge in [0, 0.05) is 19.6 Å². The zero-order valence-electron chi connectivity index (χ0n) is 16.3. The minimum Gasteiger partial charge on any atom is -0.342 e. The lowest BCUT2D eigenvalue weighted by atomic mass is 10.2. The summed E-state index contributed by atoms with van der Waals surface area (Å²) >= 11 is 1.41. The molecule has 0 saturated carbocycles. The van der Waals surface area contributed by atoms with Crippen LogP contribution in [0.3, 0.4) is 0 Å². The van der Waals surface area contributed by atoms with Crippen molar-refractivity contribution in [2.45, 2.75) is 56.5 Å². The van der Waals surface area contributed by atoms with Gasteiger partial charge in [0.2, 0.25) is 11.7 Å². The van der Waals surface area contributed by atoms with Crippen molar-refractivity contribution in [3.8, 4) is 0 Å². The molecule has 0 aliphatic carbocycles. The SMILES string of the molecule is CCCCn1c(=O)c2ccccc2n2c(S[C@@H](C)C(=O)N3CCCC3)nnc12. The van der Waals surface area contributed by atoms with Crippen molar-refractivity contribution in [3.05, 3.63) is 34.6 Å². The van der Waals surface area contributed by atoms with E-state index in [4.69, 9.17) is 0 Å². The summed E-state index contributed by atoms with van der Waals surface area (Å²) in [6, 6.07) is 7.53.